The van der Waals surface area contributed by atoms with Crippen molar-refractivity contribution in [2.24, 2.45) is 0 Å². The summed E-state index contributed by atoms with van der Waals surface area (Å²) in [4.78, 5) is 23.6. The van der Waals surface area contributed by atoms with E-state index in [1.54, 1.807) is 0 Å². The molecule has 0 saturated heterocycles. The standard InChI is InChI=1S/C17H15F3N2O5S/c1-21-28(25,26)12-6-4-5-11(9-12)16(24)27-10-15(23)22-14-8-3-2-7-13(14)17(18,19)20/h2-9,21H,10H2,1H3,(H,22,23). The van der Waals surface area contributed by atoms with Gasteiger partial charge in [0, 0.05) is 0 Å². The molecule has 11 heteroatoms. The van der Waals surface area contributed by atoms with Gasteiger partial charge >= 0.3 is 12.1 Å². The van der Waals surface area contributed by atoms with Gasteiger partial charge < -0.3 is 10.1 Å². The SMILES string of the molecule is CNS(=O)(=O)c1cccc(C(=O)OCC(=O)Nc2ccccc2C(F)(F)F)c1. The Bertz CT molecular complexity index is 990. The third kappa shape index (κ3) is 5.30. The number of amides is 1. The molecule has 7 nitrogen and oxygen atoms in total. The molecule has 2 aromatic carbocycles. The van der Waals surface area contributed by atoms with Gasteiger partial charge in [-0.05, 0) is 37.4 Å². The van der Waals surface area contributed by atoms with Crippen LogP contribution in [0.5, 0.6) is 0 Å². The zero-order chi connectivity index (χ0) is 20.9. The number of hydrogen-bond donors (Lipinski definition) is 2. The Morgan fingerprint density at radius 1 is 1.07 bits per heavy atom. The summed E-state index contributed by atoms with van der Waals surface area (Å²) < 4.78 is 69.0. The van der Waals surface area contributed by atoms with Crippen LogP contribution in [0.3, 0.4) is 0 Å². The van der Waals surface area contributed by atoms with Crippen LogP contribution in [0.25, 0.3) is 0 Å². The number of esters is 1. The number of benzene rings is 2. The molecule has 0 aromatic heterocycles. The van der Waals surface area contributed by atoms with Crippen molar-refractivity contribution in [3.63, 3.8) is 0 Å². The van der Waals surface area contributed by atoms with Gasteiger partial charge in [0.25, 0.3) is 5.91 Å². The third-order valence-electron chi connectivity index (χ3n) is 3.49. The molecule has 0 heterocycles. The van der Waals surface area contributed by atoms with Gasteiger partial charge in [0.2, 0.25) is 10.0 Å². The topological polar surface area (TPSA) is 102 Å². The van der Waals surface area contributed by atoms with Crippen LogP contribution in [0.4, 0.5) is 18.9 Å². The maximum Gasteiger partial charge on any atom is 0.418 e. The molecule has 0 aliphatic rings. The van der Waals surface area contributed by atoms with Crippen LogP contribution in [0.1, 0.15) is 15.9 Å². The van der Waals surface area contributed by atoms with Gasteiger partial charge in [0.05, 0.1) is 21.7 Å². The van der Waals surface area contributed by atoms with Crippen molar-refractivity contribution in [1.29, 1.82) is 0 Å². The highest BCUT2D eigenvalue weighted by Gasteiger charge is 2.33. The van der Waals surface area contributed by atoms with Gasteiger partial charge in [-0.25, -0.2) is 17.9 Å². The first-order valence-corrected chi connectivity index (χ1v) is 9.20. The van der Waals surface area contributed by atoms with E-state index in [9.17, 15) is 31.2 Å². The summed E-state index contributed by atoms with van der Waals surface area (Å²) in [5, 5.41) is 2.03. The summed E-state index contributed by atoms with van der Waals surface area (Å²) in [6.07, 6.45) is -4.67. The molecular weight excluding hydrogens is 401 g/mol. The van der Waals surface area contributed by atoms with Crippen LogP contribution >= 0.6 is 0 Å². The van der Waals surface area contributed by atoms with E-state index < -0.39 is 45.9 Å². The molecule has 0 fully saturated rings. The summed E-state index contributed by atoms with van der Waals surface area (Å²) >= 11 is 0. The fraction of sp³-hybridized carbons (Fsp3) is 0.176. The zero-order valence-electron chi connectivity index (χ0n) is 14.4. The first-order chi connectivity index (χ1) is 13.0. The number of nitrogens with one attached hydrogen (secondary N) is 2. The second kappa shape index (κ2) is 8.40. The van der Waals surface area contributed by atoms with Crippen LogP contribution in [0.2, 0.25) is 0 Å². The number of sulfonamides is 1. The second-order valence-corrected chi connectivity index (χ2v) is 7.29. The number of carbonyl (C=O) groups is 2. The van der Waals surface area contributed by atoms with Crippen LogP contribution in [-0.4, -0.2) is 33.9 Å². The van der Waals surface area contributed by atoms with E-state index in [2.05, 4.69) is 4.72 Å². The molecule has 28 heavy (non-hydrogen) atoms. The van der Waals surface area contributed by atoms with E-state index >= 15 is 0 Å². The number of ether oxygens (including phenoxy) is 1. The Kier molecular flexibility index (Phi) is 6.41. The Morgan fingerprint density at radius 3 is 2.39 bits per heavy atom. The summed E-state index contributed by atoms with van der Waals surface area (Å²) in [5.41, 5.74) is -1.65. The highest BCUT2D eigenvalue weighted by Crippen LogP contribution is 2.34. The molecule has 0 bridgehead atoms. The van der Waals surface area contributed by atoms with E-state index in [0.29, 0.717) is 0 Å². The lowest BCUT2D eigenvalue weighted by Gasteiger charge is -2.13. The molecule has 150 valence electrons. The van der Waals surface area contributed by atoms with Crippen molar-refractivity contribution in [1.82, 2.24) is 4.72 Å². The lowest BCUT2D eigenvalue weighted by Crippen LogP contribution is -2.23. The van der Waals surface area contributed by atoms with Crippen molar-refractivity contribution >= 4 is 27.6 Å². The number of halogens is 3. The van der Waals surface area contributed by atoms with E-state index in [1.165, 1.54) is 37.4 Å². The summed E-state index contributed by atoms with van der Waals surface area (Å²) in [6, 6.07) is 9.22. The zero-order valence-corrected chi connectivity index (χ0v) is 15.2. The average Bonchev–Trinajstić information content (AvgIpc) is 2.65. The highest BCUT2D eigenvalue weighted by molar-refractivity contribution is 7.89. The number of anilines is 1. The first kappa shape index (κ1) is 21.4. The fourth-order valence-corrected chi connectivity index (χ4v) is 2.92. The highest BCUT2D eigenvalue weighted by atomic mass is 32.2. The largest absolute Gasteiger partial charge is 0.452 e. The third-order valence-corrected chi connectivity index (χ3v) is 4.90. The van der Waals surface area contributed by atoms with Crippen molar-refractivity contribution in [2.45, 2.75) is 11.1 Å². The number of alkyl halides is 3. The van der Waals surface area contributed by atoms with Gasteiger partial charge in [-0.2, -0.15) is 13.2 Å². The monoisotopic (exact) mass is 416 g/mol. The average molecular weight is 416 g/mol. The van der Waals surface area contributed by atoms with Crippen molar-refractivity contribution in [2.75, 3.05) is 19.0 Å². The predicted octanol–water partition coefficient (Wildman–Crippen LogP) is 2.41. The van der Waals surface area contributed by atoms with Crippen molar-refractivity contribution in [3.05, 3.63) is 59.7 Å². The van der Waals surface area contributed by atoms with E-state index in [0.717, 1.165) is 18.2 Å². The molecule has 1 amide bonds. The van der Waals surface area contributed by atoms with Crippen LogP contribution < -0.4 is 10.0 Å². The quantitative estimate of drug-likeness (QED) is 0.705. The number of para-hydroxylation sites is 1. The molecule has 0 atom stereocenters. The molecule has 0 saturated carbocycles. The maximum atomic E-state index is 12.9. The smallest absolute Gasteiger partial charge is 0.418 e. The molecule has 0 aliphatic heterocycles. The van der Waals surface area contributed by atoms with E-state index in [4.69, 9.17) is 4.74 Å². The van der Waals surface area contributed by atoms with Crippen molar-refractivity contribution in [3.8, 4) is 0 Å². The summed E-state index contributed by atoms with van der Waals surface area (Å²) in [5.74, 6) is -1.99. The molecule has 2 N–H and O–H groups in total. The molecule has 2 rings (SSSR count). The molecule has 0 radical (unpaired) electrons. The Labute approximate surface area is 158 Å². The normalized spacial score (nSPS) is 11.7. The van der Waals surface area contributed by atoms with Crippen molar-refractivity contribution < 1.29 is 35.9 Å². The molecular formula is C17H15F3N2O5S. The van der Waals surface area contributed by atoms with E-state index in [1.807, 2.05) is 5.32 Å². The number of carbonyl (C=O) groups excluding carboxylic acids is 2. The minimum atomic E-state index is -4.67. The lowest BCUT2D eigenvalue weighted by molar-refractivity contribution is -0.137. The van der Waals surface area contributed by atoms with Crippen LogP contribution in [-0.2, 0) is 25.7 Å². The van der Waals surface area contributed by atoms with Crippen LogP contribution in [0.15, 0.2) is 53.4 Å². The minimum Gasteiger partial charge on any atom is -0.452 e. The second-order valence-electron chi connectivity index (χ2n) is 5.40. The first-order valence-electron chi connectivity index (χ1n) is 7.71. The van der Waals surface area contributed by atoms with E-state index in [-0.39, 0.29) is 10.5 Å². The Morgan fingerprint density at radius 2 is 1.75 bits per heavy atom. The fourth-order valence-electron chi connectivity index (χ4n) is 2.15. The minimum absolute atomic E-state index is 0.139. The molecule has 0 unspecified atom stereocenters. The van der Waals surface area contributed by atoms with Gasteiger partial charge in [0.1, 0.15) is 0 Å². The lowest BCUT2D eigenvalue weighted by atomic mass is 10.1. The van der Waals surface area contributed by atoms with Gasteiger partial charge in [-0.1, -0.05) is 18.2 Å². The number of hydrogen-bond acceptors (Lipinski definition) is 5. The van der Waals surface area contributed by atoms with Gasteiger partial charge in [0.15, 0.2) is 6.61 Å². The van der Waals surface area contributed by atoms with Gasteiger partial charge in [-0.3, -0.25) is 4.79 Å². The van der Waals surface area contributed by atoms with Crippen LogP contribution in [0, 0.1) is 0 Å². The Balaban J connectivity index is 2.05. The molecule has 2 aromatic rings. The Hall–Kier alpha value is -2.92. The molecule has 0 aliphatic carbocycles. The number of rotatable bonds is 6. The van der Waals surface area contributed by atoms with Gasteiger partial charge in [-0.15, -0.1) is 0 Å². The summed E-state index contributed by atoms with van der Waals surface area (Å²) in [7, 11) is -2.59. The predicted molar refractivity (Wildman–Crippen MR) is 93.0 cm³/mol. The maximum absolute atomic E-state index is 12.9. The summed E-state index contributed by atoms with van der Waals surface area (Å²) in [6.45, 7) is -0.853. The molecule has 0 spiro atoms.